The van der Waals surface area contributed by atoms with Gasteiger partial charge < -0.3 is 15.0 Å². The van der Waals surface area contributed by atoms with Crippen molar-refractivity contribution in [3.63, 3.8) is 0 Å². The zero-order valence-corrected chi connectivity index (χ0v) is 21.2. The van der Waals surface area contributed by atoms with Crippen LogP contribution in [0.4, 0.5) is 4.79 Å². The lowest BCUT2D eigenvalue weighted by atomic mass is 9.80. The van der Waals surface area contributed by atoms with Crippen LogP contribution in [-0.4, -0.2) is 30.4 Å². The van der Waals surface area contributed by atoms with Crippen molar-refractivity contribution in [3.8, 4) is 11.1 Å². The van der Waals surface area contributed by atoms with Gasteiger partial charge in [-0.15, -0.1) is 0 Å². The van der Waals surface area contributed by atoms with Crippen molar-refractivity contribution in [1.29, 1.82) is 0 Å². The number of carboxylic acid groups (broad SMARTS) is 1. The molecule has 1 aromatic heterocycles. The van der Waals surface area contributed by atoms with E-state index in [1.54, 1.807) is 10.6 Å². The van der Waals surface area contributed by atoms with Gasteiger partial charge >= 0.3 is 6.09 Å². The predicted octanol–water partition coefficient (Wildman–Crippen LogP) is 5.08. The van der Waals surface area contributed by atoms with Gasteiger partial charge in [0.05, 0.1) is 16.6 Å². The monoisotopic (exact) mass is 484 g/mol. The molecular formula is C26H32N2O5S. The number of fused-ring (bicyclic) bond motifs is 1. The summed E-state index contributed by atoms with van der Waals surface area (Å²) in [6.45, 7) is 10.1. The normalized spacial score (nSPS) is 13.3. The molecule has 0 saturated heterocycles. The first-order valence-corrected chi connectivity index (χ1v) is 13.1. The second-order valence-electron chi connectivity index (χ2n) is 10.2. The Bertz CT molecular complexity index is 1380. The van der Waals surface area contributed by atoms with Crippen molar-refractivity contribution in [3.05, 3.63) is 64.6 Å². The molecule has 34 heavy (non-hydrogen) atoms. The van der Waals surface area contributed by atoms with Crippen LogP contribution in [0.5, 0.6) is 0 Å². The Balaban J connectivity index is 2.64. The molecule has 8 heteroatoms. The highest BCUT2D eigenvalue weighted by Crippen LogP contribution is 2.41. The Morgan fingerprint density at radius 3 is 2.18 bits per heavy atom. The van der Waals surface area contributed by atoms with Crippen LogP contribution in [-0.2, 0) is 16.4 Å². The first kappa shape index (κ1) is 25.5. The average Bonchev–Trinajstić information content (AvgIpc) is 2.72. The van der Waals surface area contributed by atoms with Gasteiger partial charge in [-0.3, -0.25) is 4.79 Å². The molecule has 0 aliphatic carbocycles. The Kier molecular flexibility index (Phi) is 6.94. The second kappa shape index (κ2) is 9.25. The van der Waals surface area contributed by atoms with Gasteiger partial charge in [-0.05, 0) is 40.5 Å². The molecule has 2 N–H and O–H groups in total. The lowest BCUT2D eigenvalue weighted by Gasteiger charge is -2.35. The van der Waals surface area contributed by atoms with Crippen molar-refractivity contribution < 1.29 is 18.3 Å². The van der Waals surface area contributed by atoms with Crippen molar-refractivity contribution in [1.82, 2.24) is 9.88 Å². The fraction of sp³-hybridized carbons (Fsp3) is 0.385. The first-order chi connectivity index (χ1) is 15.7. The molecule has 0 aliphatic heterocycles. The van der Waals surface area contributed by atoms with E-state index in [1.807, 2.05) is 65.0 Å². The number of hydrogen-bond donors (Lipinski definition) is 2. The molecule has 0 bridgehead atoms. The van der Waals surface area contributed by atoms with E-state index in [4.69, 9.17) is 0 Å². The standard InChI is InChI=1S/C26H32N2O5S/c1-16(2)15-28-22(23(26(3,4)5)27-25(30)31)21(17-10-8-7-9-11-17)20-14-18(34(6,32)33)12-13-19(20)24(28)29/h7-14,16,23,27H,15H2,1-6H3,(H,30,31). The Morgan fingerprint density at radius 2 is 1.68 bits per heavy atom. The van der Waals surface area contributed by atoms with Gasteiger partial charge in [0.15, 0.2) is 9.84 Å². The largest absolute Gasteiger partial charge is 0.465 e. The fourth-order valence-electron chi connectivity index (χ4n) is 4.25. The van der Waals surface area contributed by atoms with Crippen LogP contribution < -0.4 is 10.9 Å². The second-order valence-corrected chi connectivity index (χ2v) is 12.2. The third kappa shape index (κ3) is 5.17. The van der Waals surface area contributed by atoms with Gasteiger partial charge in [0, 0.05) is 23.8 Å². The minimum atomic E-state index is -3.53. The molecule has 3 rings (SSSR count). The molecule has 0 fully saturated rings. The minimum Gasteiger partial charge on any atom is -0.465 e. The third-order valence-corrected chi connectivity index (χ3v) is 6.84. The van der Waals surface area contributed by atoms with Crippen LogP contribution in [0.3, 0.4) is 0 Å². The number of nitrogens with zero attached hydrogens (tertiary/aromatic N) is 1. The molecule has 1 atom stereocenters. The third-order valence-electron chi connectivity index (χ3n) is 5.73. The highest BCUT2D eigenvalue weighted by molar-refractivity contribution is 7.90. The molecule has 7 nitrogen and oxygen atoms in total. The Morgan fingerprint density at radius 1 is 1.06 bits per heavy atom. The number of aromatic nitrogens is 1. The molecule has 1 amide bonds. The molecule has 2 aromatic carbocycles. The summed E-state index contributed by atoms with van der Waals surface area (Å²) < 4.78 is 26.4. The highest BCUT2D eigenvalue weighted by atomic mass is 32.2. The van der Waals surface area contributed by atoms with E-state index in [0.717, 1.165) is 11.8 Å². The van der Waals surface area contributed by atoms with Gasteiger partial charge in [-0.25, -0.2) is 13.2 Å². The summed E-state index contributed by atoms with van der Waals surface area (Å²) in [6, 6.07) is 13.2. The number of pyridine rings is 1. The summed E-state index contributed by atoms with van der Waals surface area (Å²) in [5.41, 5.74) is 1.08. The van der Waals surface area contributed by atoms with Crippen molar-refractivity contribution in [2.24, 2.45) is 11.3 Å². The van der Waals surface area contributed by atoms with Gasteiger partial charge in [0.25, 0.3) is 5.56 Å². The number of rotatable bonds is 6. The van der Waals surface area contributed by atoms with Crippen molar-refractivity contribution in [2.45, 2.75) is 52.1 Å². The summed E-state index contributed by atoms with van der Waals surface area (Å²) >= 11 is 0. The van der Waals surface area contributed by atoms with Gasteiger partial charge in [0.1, 0.15) is 0 Å². The molecule has 1 unspecified atom stereocenters. The van der Waals surface area contributed by atoms with Crippen LogP contribution in [0, 0.1) is 11.3 Å². The molecule has 3 aromatic rings. The summed E-state index contributed by atoms with van der Waals surface area (Å²) in [5, 5.41) is 13.2. The van der Waals surface area contributed by atoms with Gasteiger partial charge in [0.2, 0.25) is 0 Å². The topological polar surface area (TPSA) is 105 Å². The molecular weight excluding hydrogens is 452 g/mol. The zero-order valence-electron chi connectivity index (χ0n) is 20.4. The van der Waals surface area contributed by atoms with E-state index in [1.165, 1.54) is 12.1 Å². The molecule has 182 valence electrons. The fourth-order valence-corrected chi connectivity index (χ4v) is 4.90. The van der Waals surface area contributed by atoms with Crippen molar-refractivity contribution >= 4 is 26.7 Å². The molecule has 0 spiro atoms. The molecule has 0 saturated carbocycles. The van der Waals surface area contributed by atoms with E-state index < -0.39 is 27.4 Å². The van der Waals surface area contributed by atoms with Crippen LogP contribution in [0.15, 0.2) is 58.2 Å². The highest BCUT2D eigenvalue weighted by Gasteiger charge is 2.34. The first-order valence-electron chi connectivity index (χ1n) is 11.2. The van der Waals surface area contributed by atoms with Crippen LogP contribution in [0.25, 0.3) is 21.9 Å². The van der Waals surface area contributed by atoms with Gasteiger partial charge in [-0.2, -0.15) is 0 Å². The SMILES string of the molecule is CC(C)Cn1c(C(NC(=O)O)C(C)(C)C)c(-c2ccccc2)c2cc(S(C)(=O)=O)ccc2c1=O. The predicted molar refractivity (Wildman–Crippen MR) is 135 cm³/mol. The smallest absolute Gasteiger partial charge is 0.405 e. The quantitative estimate of drug-likeness (QED) is 0.507. The summed E-state index contributed by atoms with van der Waals surface area (Å²) in [5.74, 6) is 0.110. The van der Waals surface area contributed by atoms with Crippen LogP contribution in [0.2, 0.25) is 0 Å². The maximum absolute atomic E-state index is 13.8. The van der Waals surface area contributed by atoms with E-state index >= 15 is 0 Å². The van der Waals surface area contributed by atoms with Crippen LogP contribution in [0.1, 0.15) is 46.4 Å². The Labute approximate surface area is 200 Å². The lowest BCUT2D eigenvalue weighted by Crippen LogP contribution is -2.40. The summed E-state index contributed by atoms with van der Waals surface area (Å²) in [6.07, 6.45) is -0.0752. The summed E-state index contributed by atoms with van der Waals surface area (Å²) in [4.78, 5) is 25.8. The Hall–Kier alpha value is -3.13. The zero-order chi connectivity index (χ0) is 25.4. The van der Waals surface area contributed by atoms with Gasteiger partial charge in [-0.1, -0.05) is 65.0 Å². The maximum Gasteiger partial charge on any atom is 0.405 e. The molecule has 0 radical (unpaired) electrons. The summed E-state index contributed by atoms with van der Waals surface area (Å²) in [7, 11) is -3.53. The number of sulfone groups is 1. The van der Waals surface area contributed by atoms with E-state index in [-0.39, 0.29) is 16.4 Å². The van der Waals surface area contributed by atoms with E-state index in [0.29, 0.717) is 28.6 Å². The van der Waals surface area contributed by atoms with Crippen molar-refractivity contribution in [2.75, 3.05) is 6.26 Å². The molecule has 0 aliphatic rings. The number of benzene rings is 2. The number of hydrogen-bond acceptors (Lipinski definition) is 4. The lowest BCUT2D eigenvalue weighted by molar-refractivity contribution is 0.172. The minimum absolute atomic E-state index is 0.0997. The van der Waals surface area contributed by atoms with Crippen LogP contribution >= 0.6 is 0 Å². The molecule has 1 heterocycles. The number of amides is 1. The maximum atomic E-state index is 13.8. The van der Waals surface area contributed by atoms with E-state index in [2.05, 4.69) is 5.32 Å². The number of nitrogens with one attached hydrogen (secondary N) is 1. The van der Waals surface area contributed by atoms with E-state index in [9.17, 15) is 23.1 Å². The number of carbonyl (C=O) groups is 1. The average molecular weight is 485 g/mol.